The Balaban J connectivity index is 2.51. The highest BCUT2D eigenvalue weighted by Crippen LogP contribution is 2.10. The summed E-state index contributed by atoms with van der Waals surface area (Å²) >= 11 is 0. The minimum atomic E-state index is -0.617. The van der Waals surface area contributed by atoms with Gasteiger partial charge in [0.25, 0.3) is 5.91 Å². The summed E-state index contributed by atoms with van der Waals surface area (Å²) < 4.78 is 5.37. The summed E-state index contributed by atoms with van der Waals surface area (Å²) in [7, 11) is 0. The van der Waals surface area contributed by atoms with Gasteiger partial charge in [0.2, 0.25) is 0 Å². The van der Waals surface area contributed by atoms with Crippen molar-refractivity contribution in [3.8, 4) is 0 Å². The number of ether oxygens (including phenoxy) is 1. The first kappa shape index (κ1) is 21.2. The summed E-state index contributed by atoms with van der Waals surface area (Å²) in [6.45, 7) is 8.49. The number of benzene rings is 1. The molecule has 25 heavy (non-hydrogen) atoms. The number of hydrogen-bond donors (Lipinski definition) is 1. The van der Waals surface area contributed by atoms with Gasteiger partial charge in [-0.3, -0.25) is 4.79 Å². The molecule has 0 aliphatic carbocycles. The molecule has 0 spiro atoms. The topological polar surface area (TPSA) is 55.4 Å². The summed E-state index contributed by atoms with van der Waals surface area (Å²) in [5, 5.41) is 2.82. The monoisotopic (exact) mass is 347 g/mol. The van der Waals surface area contributed by atoms with E-state index in [9.17, 15) is 9.59 Å². The van der Waals surface area contributed by atoms with Crippen molar-refractivity contribution >= 4 is 11.9 Å². The molecule has 140 valence electrons. The Labute approximate surface area is 152 Å². The molecule has 1 N–H and O–H groups in total. The highest BCUT2D eigenvalue weighted by atomic mass is 16.5. The Kier molecular flexibility index (Phi) is 9.90. The lowest BCUT2D eigenvalue weighted by atomic mass is 10.0. The number of carbonyl (C=O) groups excluding carboxylic acids is 2. The molecule has 0 aliphatic rings. The lowest BCUT2D eigenvalue weighted by Crippen LogP contribution is -2.45. The van der Waals surface area contributed by atoms with Crippen LogP contribution in [0, 0.1) is 5.92 Å². The number of aryl methyl sites for hydroxylation is 1. The SMILES string of the molecule is CCCCCCCOC(=O)C(NC(=O)c1ccc(CC)cc1)C(C)C. The van der Waals surface area contributed by atoms with Crippen LogP contribution >= 0.6 is 0 Å². The van der Waals surface area contributed by atoms with Crippen LogP contribution in [0.5, 0.6) is 0 Å². The fraction of sp³-hybridized carbons (Fsp3) is 0.619. The van der Waals surface area contributed by atoms with Gasteiger partial charge in [0.05, 0.1) is 6.61 Å². The van der Waals surface area contributed by atoms with E-state index in [0.717, 1.165) is 19.3 Å². The summed E-state index contributed by atoms with van der Waals surface area (Å²) in [4.78, 5) is 24.7. The molecule has 1 atom stereocenters. The highest BCUT2D eigenvalue weighted by molar-refractivity contribution is 5.96. The van der Waals surface area contributed by atoms with Gasteiger partial charge >= 0.3 is 5.97 Å². The van der Waals surface area contributed by atoms with Gasteiger partial charge < -0.3 is 10.1 Å². The Morgan fingerprint density at radius 3 is 2.20 bits per heavy atom. The van der Waals surface area contributed by atoms with Gasteiger partial charge in [-0.05, 0) is 36.5 Å². The number of rotatable bonds is 11. The van der Waals surface area contributed by atoms with E-state index in [1.54, 1.807) is 12.1 Å². The summed E-state index contributed by atoms with van der Waals surface area (Å²) in [6, 6.07) is 6.85. The van der Waals surface area contributed by atoms with E-state index >= 15 is 0 Å². The van der Waals surface area contributed by atoms with E-state index in [1.807, 2.05) is 26.0 Å². The molecule has 0 saturated carbocycles. The van der Waals surface area contributed by atoms with Crippen LogP contribution < -0.4 is 5.32 Å². The second-order valence-electron chi connectivity index (χ2n) is 6.83. The molecule has 0 heterocycles. The lowest BCUT2D eigenvalue weighted by molar-refractivity contribution is -0.147. The molecule has 1 aromatic carbocycles. The van der Waals surface area contributed by atoms with Crippen molar-refractivity contribution in [2.75, 3.05) is 6.61 Å². The van der Waals surface area contributed by atoms with Crippen molar-refractivity contribution in [2.24, 2.45) is 5.92 Å². The molecule has 1 amide bonds. The molecular weight excluding hydrogens is 314 g/mol. The fourth-order valence-corrected chi connectivity index (χ4v) is 2.58. The molecule has 4 heteroatoms. The van der Waals surface area contributed by atoms with Crippen molar-refractivity contribution < 1.29 is 14.3 Å². The average molecular weight is 347 g/mol. The van der Waals surface area contributed by atoms with E-state index in [0.29, 0.717) is 12.2 Å². The normalized spacial score (nSPS) is 12.0. The van der Waals surface area contributed by atoms with Crippen molar-refractivity contribution in [3.05, 3.63) is 35.4 Å². The number of carbonyl (C=O) groups is 2. The van der Waals surface area contributed by atoms with Crippen LogP contribution in [0.1, 0.15) is 75.7 Å². The quantitative estimate of drug-likeness (QED) is 0.473. The largest absolute Gasteiger partial charge is 0.464 e. The zero-order valence-corrected chi connectivity index (χ0v) is 16.1. The number of esters is 1. The van der Waals surface area contributed by atoms with Crippen LogP contribution in [0.4, 0.5) is 0 Å². The zero-order valence-electron chi connectivity index (χ0n) is 16.1. The van der Waals surface area contributed by atoms with Crippen LogP contribution in [0.25, 0.3) is 0 Å². The third-order valence-electron chi connectivity index (χ3n) is 4.32. The van der Waals surface area contributed by atoms with Crippen LogP contribution in [0.3, 0.4) is 0 Å². The van der Waals surface area contributed by atoms with Gasteiger partial charge in [0.15, 0.2) is 0 Å². The number of unbranched alkanes of at least 4 members (excludes halogenated alkanes) is 4. The second kappa shape index (κ2) is 11.7. The van der Waals surface area contributed by atoms with Crippen LogP contribution in [-0.4, -0.2) is 24.5 Å². The minimum Gasteiger partial charge on any atom is -0.464 e. The maximum Gasteiger partial charge on any atom is 0.328 e. The molecule has 0 radical (unpaired) electrons. The maximum absolute atomic E-state index is 12.4. The molecule has 0 saturated heterocycles. The standard InChI is InChI=1S/C21H33NO3/c1-5-7-8-9-10-15-25-21(24)19(16(3)4)22-20(23)18-13-11-17(6-2)12-14-18/h11-14,16,19H,5-10,15H2,1-4H3,(H,22,23). The van der Waals surface area contributed by atoms with E-state index < -0.39 is 6.04 Å². The Bertz CT molecular complexity index is 522. The van der Waals surface area contributed by atoms with E-state index in [4.69, 9.17) is 4.74 Å². The van der Waals surface area contributed by atoms with Crippen LogP contribution in [0.2, 0.25) is 0 Å². The van der Waals surface area contributed by atoms with Crippen LogP contribution in [-0.2, 0) is 16.0 Å². The molecule has 0 bridgehead atoms. The summed E-state index contributed by atoms with van der Waals surface area (Å²) in [5.41, 5.74) is 1.75. The molecular formula is C21H33NO3. The predicted octanol–water partition coefficient (Wildman–Crippen LogP) is 4.52. The van der Waals surface area contributed by atoms with Gasteiger partial charge in [0, 0.05) is 5.56 Å². The van der Waals surface area contributed by atoms with E-state index in [2.05, 4.69) is 19.2 Å². The molecule has 4 nitrogen and oxygen atoms in total. The average Bonchev–Trinajstić information content (AvgIpc) is 2.62. The number of nitrogens with one attached hydrogen (secondary N) is 1. The first-order valence-electron chi connectivity index (χ1n) is 9.56. The number of hydrogen-bond acceptors (Lipinski definition) is 3. The molecule has 1 rings (SSSR count). The first-order valence-corrected chi connectivity index (χ1v) is 9.56. The van der Waals surface area contributed by atoms with Crippen LogP contribution in [0.15, 0.2) is 24.3 Å². The molecule has 1 unspecified atom stereocenters. The lowest BCUT2D eigenvalue weighted by Gasteiger charge is -2.21. The van der Waals surface area contributed by atoms with Gasteiger partial charge in [-0.15, -0.1) is 0 Å². The Morgan fingerprint density at radius 1 is 1.00 bits per heavy atom. The summed E-state index contributed by atoms with van der Waals surface area (Å²) in [6.07, 6.45) is 6.47. The molecule has 0 aliphatic heterocycles. The van der Waals surface area contributed by atoms with E-state index in [-0.39, 0.29) is 17.8 Å². The van der Waals surface area contributed by atoms with Crippen molar-refractivity contribution in [1.29, 1.82) is 0 Å². The predicted molar refractivity (Wildman–Crippen MR) is 102 cm³/mol. The van der Waals surface area contributed by atoms with Crippen molar-refractivity contribution in [1.82, 2.24) is 5.32 Å². The third-order valence-corrected chi connectivity index (χ3v) is 4.32. The minimum absolute atomic E-state index is 0.0218. The van der Waals surface area contributed by atoms with Gasteiger partial charge in [-0.25, -0.2) is 4.79 Å². The molecule has 0 fully saturated rings. The maximum atomic E-state index is 12.4. The van der Waals surface area contributed by atoms with Gasteiger partial charge in [-0.1, -0.05) is 65.5 Å². The Hall–Kier alpha value is -1.84. The van der Waals surface area contributed by atoms with Gasteiger partial charge in [0.1, 0.15) is 6.04 Å². The zero-order chi connectivity index (χ0) is 18.7. The van der Waals surface area contributed by atoms with Crippen molar-refractivity contribution in [2.45, 2.75) is 72.3 Å². The first-order chi connectivity index (χ1) is 12.0. The fourth-order valence-electron chi connectivity index (χ4n) is 2.58. The molecule has 0 aromatic heterocycles. The Morgan fingerprint density at radius 2 is 1.64 bits per heavy atom. The highest BCUT2D eigenvalue weighted by Gasteiger charge is 2.26. The smallest absolute Gasteiger partial charge is 0.328 e. The number of amides is 1. The van der Waals surface area contributed by atoms with Gasteiger partial charge in [-0.2, -0.15) is 0 Å². The molecule has 1 aromatic rings. The third kappa shape index (κ3) is 7.72. The van der Waals surface area contributed by atoms with E-state index in [1.165, 1.54) is 24.8 Å². The second-order valence-corrected chi connectivity index (χ2v) is 6.83. The summed E-state index contributed by atoms with van der Waals surface area (Å²) in [5.74, 6) is -0.600. The van der Waals surface area contributed by atoms with Crippen molar-refractivity contribution in [3.63, 3.8) is 0 Å².